The summed E-state index contributed by atoms with van der Waals surface area (Å²) in [6.45, 7) is 6.41. The highest BCUT2D eigenvalue weighted by atomic mass is 16.7. The van der Waals surface area contributed by atoms with Gasteiger partial charge in [0.05, 0.1) is 0 Å². The van der Waals surface area contributed by atoms with Crippen LogP contribution >= 0.6 is 0 Å². The van der Waals surface area contributed by atoms with Crippen LogP contribution in [0.4, 0.5) is 0 Å². The van der Waals surface area contributed by atoms with Crippen LogP contribution < -0.4 is 9.47 Å². The van der Waals surface area contributed by atoms with E-state index in [2.05, 4.69) is 0 Å². The van der Waals surface area contributed by atoms with Gasteiger partial charge in [0.25, 0.3) is 0 Å². The van der Waals surface area contributed by atoms with Crippen molar-refractivity contribution >= 4 is 35.6 Å². The van der Waals surface area contributed by atoms with Crippen molar-refractivity contribution in [3.05, 3.63) is 23.8 Å². The van der Waals surface area contributed by atoms with Gasteiger partial charge in [-0.2, -0.15) is 0 Å². The Balaban J connectivity index is 2.57. The highest BCUT2D eigenvalue weighted by molar-refractivity contribution is 5.94. The smallest absolute Gasteiger partial charge is 0.308 e. The first-order valence-electron chi connectivity index (χ1n) is 11.1. The van der Waals surface area contributed by atoms with Crippen LogP contribution in [0.5, 0.6) is 11.5 Å². The maximum atomic E-state index is 11.9. The van der Waals surface area contributed by atoms with E-state index >= 15 is 0 Å². The summed E-state index contributed by atoms with van der Waals surface area (Å²) >= 11 is 0. The molecular weight excluding hydrogens is 496 g/mol. The molecule has 0 amide bonds. The largest absolute Gasteiger partial charge is 0.463 e. The lowest BCUT2D eigenvalue weighted by Gasteiger charge is -2.44. The van der Waals surface area contributed by atoms with Crippen molar-refractivity contribution in [1.29, 1.82) is 0 Å². The topological polar surface area (TPSA) is 167 Å². The molecule has 5 atom stereocenters. The molecule has 0 radical (unpaired) electrons. The summed E-state index contributed by atoms with van der Waals surface area (Å²) in [6, 6.07) is 3.99. The van der Waals surface area contributed by atoms with Gasteiger partial charge in [0, 0.05) is 40.2 Å². The second-order valence-corrected chi connectivity index (χ2v) is 8.00. The third-order valence-electron chi connectivity index (χ3n) is 4.80. The molecule has 1 heterocycles. The van der Waals surface area contributed by atoms with Gasteiger partial charge in [-0.3, -0.25) is 28.8 Å². The number of carbonyl (C=O) groups is 6. The summed E-state index contributed by atoms with van der Waals surface area (Å²) in [6.07, 6.45) is -7.08. The summed E-state index contributed by atoms with van der Waals surface area (Å²) in [5, 5.41) is 0. The van der Waals surface area contributed by atoms with Gasteiger partial charge in [-0.15, -0.1) is 0 Å². The van der Waals surface area contributed by atoms with Crippen LogP contribution in [-0.4, -0.2) is 72.9 Å². The zero-order valence-electron chi connectivity index (χ0n) is 21.1. The van der Waals surface area contributed by atoms with E-state index in [0.717, 1.165) is 34.6 Å². The molecule has 2 rings (SSSR count). The molecule has 1 aromatic rings. The number of rotatable bonds is 9. The first kappa shape index (κ1) is 29.2. The summed E-state index contributed by atoms with van der Waals surface area (Å²) in [4.78, 5) is 70.6. The van der Waals surface area contributed by atoms with Gasteiger partial charge < -0.3 is 33.2 Å². The zero-order chi connectivity index (χ0) is 27.9. The second-order valence-electron chi connectivity index (χ2n) is 8.00. The first-order valence-corrected chi connectivity index (χ1v) is 11.1. The average molecular weight is 524 g/mol. The molecule has 13 nitrogen and oxygen atoms in total. The fraction of sp³-hybridized carbons (Fsp3) is 0.500. The summed E-state index contributed by atoms with van der Waals surface area (Å²) in [5.41, 5.74) is 0.213. The van der Waals surface area contributed by atoms with Gasteiger partial charge >= 0.3 is 29.8 Å². The molecule has 1 aliphatic rings. The van der Waals surface area contributed by atoms with Gasteiger partial charge in [0.1, 0.15) is 12.7 Å². The second kappa shape index (κ2) is 12.8. The monoisotopic (exact) mass is 524 g/mol. The molecule has 0 N–H and O–H groups in total. The Morgan fingerprint density at radius 3 is 1.78 bits per heavy atom. The summed E-state index contributed by atoms with van der Waals surface area (Å²) < 4.78 is 37.9. The highest BCUT2D eigenvalue weighted by Gasteiger charge is 2.53. The summed E-state index contributed by atoms with van der Waals surface area (Å²) in [5.74, 6) is -4.35. The molecule has 1 fully saturated rings. The van der Waals surface area contributed by atoms with Crippen LogP contribution in [0.15, 0.2) is 18.2 Å². The van der Waals surface area contributed by atoms with Crippen molar-refractivity contribution in [3.8, 4) is 11.5 Å². The van der Waals surface area contributed by atoms with E-state index in [4.69, 9.17) is 33.2 Å². The molecule has 1 saturated heterocycles. The number of Topliss-reactive ketones (excluding diaryl/α,β-unsaturated/α-hetero) is 1. The molecule has 0 aromatic heterocycles. The maximum Gasteiger partial charge on any atom is 0.308 e. The normalized spacial score (nSPS) is 22.7. The molecule has 37 heavy (non-hydrogen) atoms. The number of benzene rings is 1. The lowest BCUT2D eigenvalue weighted by atomic mass is 9.98. The third kappa shape index (κ3) is 8.56. The zero-order valence-corrected chi connectivity index (χ0v) is 21.1. The first-order chi connectivity index (χ1) is 17.3. The van der Waals surface area contributed by atoms with Crippen LogP contribution in [0.25, 0.3) is 0 Å². The minimum Gasteiger partial charge on any atom is -0.463 e. The predicted octanol–water partition coefficient (Wildman–Crippen LogP) is 1.28. The van der Waals surface area contributed by atoms with Gasteiger partial charge in [0.15, 0.2) is 29.5 Å². The SMILES string of the molecule is CC(=O)OC[C@H]1O[C@@H](Oc2ccc(C(C)=O)cc2OC(C)=O)[C@H](OC(C)=O)[C@@H](OC(C)=O)[C@@H]1OC(C)=O. The van der Waals surface area contributed by atoms with Crippen LogP contribution in [0, 0.1) is 0 Å². The van der Waals surface area contributed by atoms with Crippen LogP contribution in [0.1, 0.15) is 51.9 Å². The molecular formula is C24H28O13. The Morgan fingerprint density at radius 1 is 0.703 bits per heavy atom. The van der Waals surface area contributed by atoms with E-state index in [-0.39, 0.29) is 22.8 Å². The van der Waals surface area contributed by atoms with E-state index in [1.807, 2.05) is 0 Å². The van der Waals surface area contributed by atoms with Crippen molar-refractivity contribution in [2.24, 2.45) is 0 Å². The minimum atomic E-state index is -1.54. The van der Waals surface area contributed by atoms with Gasteiger partial charge in [-0.05, 0) is 25.1 Å². The standard InChI is InChI=1S/C24H28O13/c1-11(25)17-7-8-18(19(9-17)32-13(3)27)36-24-23(35-16(6)30)22(34-15(5)29)21(33-14(4)28)20(37-24)10-31-12(2)26/h7-9,20-24H,10H2,1-6H3/t20-,21-,22+,23-,24-/m1/s1. The minimum absolute atomic E-state index is 0.0962. The molecule has 0 bridgehead atoms. The van der Waals surface area contributed by atoms with Crippen LogP contribution in [-0.2, 0) is 47.7 Å². The van der Waals surface area contributed by atoms with Crippen molar-refractivity contribution < 1.29 is 61.9 Å². The van der Waals surface area contributed by atoms with E-state index in [1.54, 1.807) is 0 Å². The van der Waals surface area contributed by atoms with Crippen LogP contribution in [0.2, 0.25) is 0 Å². The molecule has 202 valence electrons. The molecule has 0 saturated carbocycles. The maximum absolute atomic E-state index is 11.9. The number of ketones is 1. The van der Waals surface area contributed by atoms with Crippen molar-refractivity contribution in [3.63, 3.8) is 0 Å². The Morgan fingerprint density at radius 2 is 1.27 bits per heavy atom. The fourth-order valence-corrected chi connectivity index (χ4v) is 3.47. The summed E-state index contributed by atoms with van der Waals surface area (Å²) in [7, 11) is 0. The fourth-order valence-electron chi connectivity index (χ4n) is 3.47. The van der Waals surface area contributed by atoms with E-state index in [9.17, 15) is 28.8 Å². The Hall–Kier alpha value is -4.00. The lowest BCUT2D eigenvalue weighted by Crippen LogP contribution is -2.63. The quantitative estimate of drug-likeness (QED) is 0.196. The van der Waals surface area contributed by atoms with Gasteiger partial charge in [-0.25, -0.2) is 0 Å². The highest BCUT2D eigenvalue weighted by Crippen LogP contribution is 2.35. The number of hydrogen-bond donors (Lipinski definition) is 0. The van der Waals surface area contributed by atoms with Gasteiger partial charge in [-0.1, -0.05) is 0 Å². The van der Waals surface area contributed by atoms with E-state index < -0.39 is 67.2 Å². The van der Waals surface area contributed by atoms with Crippen molar-refractivity contribution in [1.82, 2.24) is 0 Å². The average Bonchev–Trinajstić information content (AvgIpc) is 2.76. The molecule has 13 heteroatoms. The predicted molar refractivity (Wildman–Crippen MR) is 120 cm³/mol. The Bertz CT molecular complexity index is 1060. The lowest BCUT2D eigenvalue weighted by molar-refractivity contribution is -0.288. The number of hydrogen-bond acceptors (Lipinski definition) is 13. The van der Waals surface area contributed by atoms with E-state index in [1.165, 1.54) is 25.1 Å². The Kier molecular flexibility index (Phi) is 10.1. The van der Waals surface area contributed by atoms with Crippen LogP contribution in [0.3, 0.4) is 0 Å². The number of esters is 5. The number of carbonyl (C=O) groups excluding carboxylic acids is 6. The third-order valence-corrected chi connectivity index (χ3v) is 4.80. The van der Waals surface area contributed by atoms with Crippen molar-refractivity contribution in [2.75, 3.05) is 6.61 Å². The van der Waals surface area contributed by atoms with Crippen molar-refractivity contribution in [2.45, 2.75) is 72.2 Å². The molecule has 1 aromatic carbocycles. The van der Waals surface area contributed by atoms with E-state index in [0.29, 0.717) is 0 Å². The molecule has 0 unspecified atom stereocenters. The van der Waals surface area contributed by atoms with Gasteiger partial charge in [0.2, 0.25) is 12.4 Å². The molecule has 0 aliphatic carbocycles. The molecule has 0 spiro atoms. The Labute approximate surface area is 212 Å². The number of ether oxygens (including phenoxy) is 7. The molecule has 1 aliphatic heterocycles.